The van der Waals surface area contributed by atoms with Crippen LogP contribution in [-0.2, 0) is 13.0 Å². The largest absolute Gasteiger partial charge is 0.380 e. The van der Waals surface area contributed by atoms with E-state index in [9.17, 15) is 0 Å². The van der Waals surface area contributed by atoms with Crippen molar-refractivity contribution in [1.29, 1.82) is 0 Å². The van der Waals surface area contributed by atoms with Crippen molar-refractivity contribution in [3.63, 3.8) is 0 Å². The molecule has 0 atom stereocenters. The normalized spacial score (nSPS) is 10.7. The Kier molecular flexibility index (Phi) is 4.73. The Morgan fingerprint density at radius 1 is 1.05 bits per heavy atom. The van der Waals surface area contributed by atoms with Crippen molar-refractivity contribution in [3.05, 3.63) is 63.7 Å². The van der Waals surface area contributed by atoms with E-state index in [-0.39, 0.29) is 0 Å². The van der Waals surface area contributed by atoms with Crippen molar-refractivity contribution in [3.8, 4) is 10.4 Å². The van der Waals surface area contributed by atoms with Crippen LogP contribution in [0.25, 0.3) is 10.4 Å². The van der Waals surface area contributed by atoms with Crippen LogP contribution in [0.15, 0.2) is 53.2 Å². The fourth-order valence-electron chi connectivity index (χ4n) is 2.41. The van der Waals surface area contributed by atoms with Crippen molar-refractivity contribution in [1.82, 2.24) is 0 Å². The van der Waals surface area contributed by atoms with E-state index in [0.717, 1.165) is 13.0 Å². The Balaban J connectivity index is 1.68. The van der Waals surface area contributed by atoms with Gasteiger partial charge in [-0.2, -0.15) is 0 Å². The van der Waals surface area contributed by atoms with Crippen molar-refractivity contribution in [2.75, 3.05) is 5.32 Å². The zero-order chi connectivity index (χ0) is 14.5. The molecule has 0 spiro atoms. The van der Waals surface area contributed by atoms with E-state index in [1.165, 1.54) is 33.0 Å². The lowest BCUT2D eigenvalue weighted by atomic mass is 10.1. The quantitative estimate of drug-likeness (QED) is 0.585. The summed E-state index contributed by atoms with van der Waals surface area (Å²) in [5.41, 5.74) is 4.02. The number of benzene rings is 1. The summed E-state index contributed by atoms with van der Waals surface area (Å²) in [5.74, 6) is 0. The summed E-state index contributed by atoms with van der Waals surface area (Å²) in [5, 5.41) is 7.97. The highest BCUT2D eigenvalue weighted by Gasteiger charge is 2.05. The number of rotatable bonds is 6. The average Bonchev–Trinajstić information content (AvgIpc) is 3.18. The summed E-state index contributed by atoms with van der Waals surface area (Å²) >= 11 is 3.63. The van der Waals surface area contributed by atoms with Gasteiger partial charge in [-0.25, -0.2) is 0 Å². The van der Waals surface area contributed by atoms with E-state index in [1.807, 2.05) is 11.3 Å². The minimum atomic E-state index is 0.900. The number of hydrogen-bond acceptors (Lipinski definition) is 3. The number of thiophene rings is 2. The minimum Gasteiger partial charge on any atom is -0.380 e. The number of aryl methyl sites for hydroxylation is 1. The predicted octanol–water partition coefficient (Wildman–Crippen LogP) is 6.04. The van der Waals surface area contributed by atoms with Gasteiger partial charge < -0.3 is 5.32 Å². The highest BCUT2D eigenvalue weighted by Crippen LogP contribution is 2.29. The molecule has 1 nitrogen and oxygen atoms in total. The summed E-state index contributed by atoms with van der Waals surface area (Å²) in [6, 6.07) is 15.2. The number of hydrogen-bond donors (Lipinski definition) is 1. The van der Waals surface area contributed by atoms with E-state index in [1.54, 1.807) is 11.3 Å². The van der Waals surface area contributed by atoms with Gasteiger partial charge in [-0.3, -0.25) is 0 Å². The van der Waals surface area contributed by atoms with Crippen LogP contribution in [0.2, 0.25) is 0 Å². The van der Waals surface area contributed by atoms with Crippen molar-refractivity contribution in [2.45, 2.75) is 26.3 Å². The standard InChI is InChI=1S/C18H19NS2/c1-2-6-14-7-3-4-8-17(14)19-12-16-11-15(13-21-16)18-9-5-10-20-18/h3-5,7-11,13,19H,2,6,12H2,1H3. The molecular weight excluding hydrogens is 294 g/mol. The van der Waals surface area contributed by atoms with E-state index < -0.39 is 0 Å². The zero-order valence-electron chi connectivity index (χ0n) is 12.1. The third kappa shape index (κ3) is 3.55. The first kappa shape index (κ1) is 14.4. The first-order valence-corrected chi connectivity index (χ1v) is 9.06. The molecule has 0 aliphatic carbocycles. The van der Waals surface area contributed by atoms with Gasteiger partial charge in [0.05, 0.1) is 0 Å². The van der Waals surface area contributed by atoms with Gasteiger partial charge in [-0.15, -0.1) is 22.7 Å². The monoisotopic (exact) mass is 313 g/mol. The Hall–Kier alpha value is -1.58. The zero-order valence-corrected chi connectivity index (χ0v) is 13.8. The van der Waals surface area contributed by atoms with Crippen LogP contribution in [0.5, 0.6) is 0 Å². The topological polar surface area (TPSA) is 12.0 Å². The molecule has 0 aliphatic heterocycles. The number of nitrogens with one attached hydrogen (secondary N) is 1. The van der Waals surface area contributed by atoms with Gasteiger partial charge in [-0.1, -0.05) is 37.6 Å². The molecule has 1 aromatic carbocycles. The predicted molar refractivity (Wildman–Crippen MR) is 95.4 cm³/mol. The molecule has 0 amide bonds. The van der Waals surface area contributed by atoms with Crippen molar-refractivity contribution < 1.29 is 0 Å². The molecule has 1 N–H and O–H groups in total. The van der Waals surface area contributed by atoms with Gasteiger partial charge >= 0.3 is 0 Å². The van der Waals surface area contributed by atoms with Crippen LogP contribution < -0.4 is 5.32 Å². The second kappa shape index (κ2) is 6.92. The fourth-order valence-corrected chi connectivity index (χ4v) is 4.02. The third-order valence-corrected chi connectivity index (χ3v) is 5.30. The Morgan fingerprint density at radius 3 is 2.76 bits per heavy atom. The first-order valence-electron chi connectivity index (χ1n) is 7.30. The minimum absolute atomic E-state index is 0.900. The molecule has 0 unspecified atom stereocenters. The molecule has 0 aliphatic rings. The van der Waals surface area contributed by atoms with Crippen LogP contribution in [0.1, 0.15) is 23.8 Å². The van der Waals surface area contributed by atoms with Crippen LogP contribution in [-0.4, -0.2) is 0 Å². The van der Waals surface area contributed by atoms with Gasteiger partial charge in [0.15, 0.2) is 0 Å². The SMILES string of the molecule is CCCc1ccccc1NCc1cc(-c2cccs2)cs1. The fraction of sp³-hybridized carbons (Fsp3) is 0.222. The number of para-hydroxylation sites is 1. The maximum atomic E-state index is 3.59. The smallest absolute Gasteiger partial charge is 0.0494 e. The molecular formula is C18H19NS2. The van der Waals surface area contributed by atoms with Gasteiger partial charge in [-0.05, 0) is 40.9 Å². The lowest BCUT2D eigenvalue weighted by molar-refractivity contribution is 0.920. The highest BCUT2D eigenvalue weighted by atomic mass is 32.1. The Bertz CT molecular complexity index is 683. The van der Waals surface area contributed by atoms with Crippen LogP contribution in [0.4, 0.5) is 5.69 Å². The molecule has 0 radical (unpaired) electrons. The molecule has 2 heterocycles. The molecule has 0 saturated carbocycles. The lowest BCUT2D eigenvalue weighted by Crippen LogP contribution is -2.00. The van der Waals surface area contributed by atoms with Gasteiger partial charge in [0.2, 0.25) is 0 Å². The van der Waals surface area contributed by atoms with E-state index in [4.69, 9.17) is 0 Å². The maximum absolute atomic E-state index is 3.59. The molecule has 0 saturated heterocycles. The Labute approximate surface area is 134 Å². The second-order valence-corrected chi connectivity index (χ2v) is 6.98. The van der Waals surface area contributed by atoms with Crippen LogP contribution >= 0.6 is 22.7 Å². The Morgan fingerprint density at radius 2 is 1.95 bits per heavy atom. The summed E-state index contributed by atoms with van der Waals surface area (Å²) in [6.07, 6.45) is 2.31. The summed E-state index contributed by atoms with van der Waals surface area (Å²) in [7, 11) is 0. The van der Waals surface area contributed by atoms with Crippen molar-refractivity contribution >= 4 is 28.4 Å². The van der Waals surface area contributed by atoms with Gasteiger partial charge in [0.25, 0.3) is 0 Å². The summed E-state index contributed by atoms with van der Waals surface area (Å²) < 4.78 is 0. The highest BCUT2D eigenvalue weighted by molar-refractivity contribution is 7.14. The van der Waals surface area contributed by atoms with Crippen LogP contribution in [0.3, 0.4) is 0 Å². The summed E-state index contributed by atoms with van der Waals surface area (Å²) in [6.45, 7) is 3.13. The van der Waals surface area contributed by atoms with Crippen LogP contribution in [0, 0.1) is 0 Å². The number of anilines is 1. The molecule has 2 aromatic heterocycles. The lowest BCUT2D eigenvalue weighted by Gasteiger charge is -2.10. The summed E-state index contributed by atoms with van der Waals surface area (Å²) in [4.78, 5) is 2.73. The van der Waals surface area contributed by atoms with Gasteiger partial charge in [0.1, 0.15) is 0 Å². The first-order chi connectivity index (χ1) is 10.4. The second-order valence-electron chi connectivity index (χ2n) is 5.04. The maximum Gasteiger partial charge on any atom is 0.0494 e. The molecule has 3 heteroatoms. The van der Waals surface area contributed by atoms with E-state index in [2.05, 4.69) is 65.5 Å². The molecule has 21 heavy (non-hydrogen) atoms. The molecule has 0 fully saturated rings. The third-order valence-electron chi connectivity index (χ3n) is 3.45. The molecule has 3 rings (SSSR count). The van der Waals surface area contributed by atoms with Crippen molar-refractivity contribution in [2.24, 2.45) is 0 Å². The van der Waals surface area contributed by atoms with E-state index >= 15 is 0 Å². The average molecular weight is 313 g/mol. The van der Waals surface area contributed by atoms with E-state index in [0.29, 0.717) is 0 Å². The molecule has 0 bridgehead atoms. The molecule has 3 aromatic rings. The molecule has 108 valence electrons. The van der Waals surface area contributed by atoms with Gasteiger partial charge in [0, 0.05) is 27.5 Å².